The first kappa shape index (κ1) is 12.5. The Hall–Kier alpha value is -1.46. The van der Waals surface area contributed by atoms with Gasteiger partial charge in [0.15, 0.2) is 0 Å². The Bertz CT molecular complexity index is 237. The number of methoxy groups -OCH3 is 1. The molecule has 0 aromatic heterocycles. The molecule has 0 heterocycles. The van der Waals surface area contributed by atoms with Crippen molar-refractivity contribution in [3.05, 3.63) is 11.9 Å². The average Bonchev–Trinajstić information content (AvgIpc) is 2.21. The molecule has 0 rings (SSSR count). The molecule has 0 aromatic carbocycles. The molecule has 0 aromatic rings. The SMILES string of the molecule is COC(=O)C(=O)OCC(F)=CCCF. The van der Waals surface area contributed by atoms with Crippen LogP contribution in [-0.2, 0) is 19.1 Å². The van der Waals surface area contributed by atoms with E-state index in [1.54, 1.807) is 0 Å². The summed E-state index contributed by atoms with van der Waals surface area (Å²) in [6.45, 7) is -1.38. The number of carbonyl (C=O) groups is 2. The maximum Gasteiger partial charge on any atom is 0.417 e. The number of alkyl halides is 1. The molecule has 0 aliphatic rings. The summed E-state index contributed by atoms with van der Waals surface area (Å²) in [4.78, 5) is 21.0. The minimum Gasteiger partial charge on any atom is -0.461 e. The molecule has 0 fully saturated rings. The van der Waals surface area contributed by atoms with Gasteiger partial charge in [-0.3, -0.25) is 4.39 Å². The van der Waals surface area contributed by atoms with Crippen molar-refractivity contribution in [2.24, 2.45) is 0 Å². The molecule has 0 aliphatic carbocycles. The lowest BCUT2D eigenvalue weighted by Gasteiger charge is -2.00. The van der Waals surface area contributed by atoms with E-state index < -0.39 is 31.0 Å². The molecule has 0 amide bonds. The van der Waals surface area contributed by atoms with Crippen LogP contribution in [0, 0.1) is 0 Å². The third-order valence-corrected chi connectivity index (χ3v) is 1.17. The molecule has 80 valence electrons. The molecule has 0 radical (unpaired) electrons. The second-order valence-electron chi connectivity index (χ2n) is 2.20. The van der Waals surface area contributed by atoms with E-state index in [2.05, 4.69) is 9.47 Å². The van der Waals surface area contributed by atoms with Crippen molar-refractivity contribution >= 4 is 11.9 Å². The highest BCUT2D eigenvalue weighted by Gasteiger charge is 2.15. The summed E-state index contributed by atoms with van der Waals surface area (Å²) >= 11 is 0. The molecular weight excluding hydrogens is 198 g/mol. The third kappa shape index (κ3) is 5.23. The zero-order valence-electron chi connectivity index (χ0n) is 7.59. The van der Waals surface area contributed by atoms with Crippen LogP contribution in [0.3, 0.4) is 0 Å². The number of allylic oxidation sites excluding steroid dienone is 1. The third-order valence-electron chi connectivity index (χ3n) is 1.17. The minimum atomic E-state index is -1.28. The van der Waals surface area contributed by atoms with Crippen LogP contribution in [0.4, 0.5) is 8.78 Å². The number of hydrogen-bond acceptors (Lipinski definition) is 4. The van der Waals surface area contributed by atoms with Crippen molar-refractivity contribution in [3.63, 3.8) is 0 Å². The average molecular weight is 208 g/mol. The highest BCUT2D eigenvalue weighted by Crippen LogP contribution is 2.00. The fraction of sp³-hybridized carbons (Fsp3) is 0.500. The van der Waals surface area contributed by atoms with E-state index in [1.807, 2.05) is 0 Å². The maximum atomic E-state index is 12.6. The molecule has 0 saturated heterocycles. The van der Waals surface area contributed by atoms with Crippen LogP contribution in [0.15, 0.2) is 11.9 Å². The molecule has 0 bridgehead atoms. The summed E-state index contributed by atoms with van der Waals surface area (Å²) in [5, 5.41) is 0. The summed E-state index contributed by atoms with van der Waals surface area (Å²) < 4.78 is 32.3. The fourth-order valence-electron chi connectivity index (χ4n) is 0.547. The summed E-state index contributed by atoms with van der Waals surface area (Å²) in [6, 6.07) is 0. The van der Waals surface area contributed by atoms with Crippen molar-refractivity contribution < 1.29 is 27.8 Å². The van der Waals surface area contributed by atoms with E-state index in [-0.39, 0.29) is 6.42 Å². The van der Waals surface area contributed by atoms with E-state index in [1.165, 1.54) is 0 Å². The molecule has 6 heteroatoms. The van der Waals surface area contributed by atoms with Crippen molar-refractivity contribution in [1.82, 2.24) is 0 Å². The van der Waals surface area contributed by atoms with E-state index >= 15 is 0 Å². The van der Waals surface area contributed by atoms with Crippen LogP contribution in [0.5, 0.6) is 0 Å². The topological polar surface area (TPSA) is 52.6 Å². The van der Waals surface area contributed by atoms with Gasteiger partial charge in [0, 0.05) is 0 Å². The predicted octanol–water partition coefficient (Wildman–Crippen LogP) is 0.916. The van der Waals surface area contributed by atoms with Gasteiger partial charge in [-0.05, 0) is 12.5 Å². The normalized spacial score (nSPS) is 10.9. The zero-order valence-corrected chi connectivity index (χ0v) is 7.59. The second-order valence-corrected chi connectivity index (χ2v) is 2.20. The van der Waals surface area contributed by atoms with Crippen LogP contribution in [0.25, 0.3) is 0 Å². The van der Waals surface area contributed by atoms with Gasteiger partial charge in [0.25, 0.3) is 0 Å². The van der Waals surface area contributed by atoms with Crippen molar-refractivity contribution in [1.29, 1.82) is 0 Å². The smallest absolute Gasteiger partial charge is 0.417 e. The first-order chi connectivity index (χ1) is 6.61. The largest absolute Gasteiger partial charge is 0.461 e. The Morgan fingerprint density at radius 2 is 2.00 bits per heavy atom. The van der Waals surface area contributed by atoms with Gasteiger partial charge in [-0.2, -0.15) is 0 Å². The Morgan fingerprint density at radius 3 is 2.50 bits per heavy atom. The molecule has 4 nitrogen and oxygen atoms in total. The van der Waals surface area contributed by atoms with Crippen LogP contribution in [-0.4, -0.2) is 32.3 Å². The van der Waals surface area contributed by atoms with E-state index in [0.717, 1.165) is 13.2 Å². The van der Waals surface area contributed by atoms with E-state index in [4.69, 9.17) is 0 Å². The lowest BCUT2D eigenvalue weighted by Crippen LogP contribution is -2.19. The van der Waals surface area contributed by atoms with Crippen LogP contribution < -0.4 is 0 Å². The Labute approximate surface area is 79.5 Å². The summed E-state index contributed by atoms with van der Waals surface area (Å²) in [5.74, 6) is -3.29. The molecule has 0 spiro atoms. The monoisotopic (exact) mass is 208 g/mol. The number of esters is 2. The standard InChI is InChI=1S/C8H10F2O4/c1-13-7(11)8(12)14-5-6(10)3-2-4-9/h3H,2,4-5H2,1H3. The van der Waals surface area contributed by atoms with E-state index in [9.17, 15) is 18.4 Å². The molecular formula is C8H10F2O4. The number of halogens is 2. The lowest BCUT2D eigenvalue weighted by atomic mass is 10.4. The maximum absolute atomic E-state index is 12.6. The first-order valence-corrected chi connectivity index (χ1v) is 3.77. The Morgan fingerprint density at radius 1 is 1.36 bits per heavy atom. The van der Waals surface area contributed by atoms with Gasteiger partial charge in [-0.15, -0.1) is 0 Å². The lowest BCUT2D eigenvalue weighted by molar-refractivity contribution is -0.165. The first-order valence-electron chi connectivity index (χ1n) is 3.77. The van der Waals surface area contributed by atoms with Gasteiger partial charge in [-0.25, -0.2) is 14.0 Å². The number of rotatable bonds is 4. The highest BCUT2D eigenvalue weighted by atomic mass is 19.1. The molecule has 0 atom stereocenters. The van der Waals surface area contributed by atoms with Gasteiger partial charge in [-0.1, -0.05) is 0 Å². The van der Waals surface area contributed by atoms with Gasteiger partial charge in [0.2, 0.25) is 0 Å². The predicted molar refractivity (Wildman–Crippen MR) is 42.8 cm³/mol. The number of hydrogen-bond donors (Lipinski definition) is 0. The van der Waals surface area contributed by atoms with Gasteiger partial charge in [0.05, 0.1) is 13.8 Å². The van der Waals surface area contributed by atoms with E-state index in [0.29, 0.717) is 0 Å². The van der Waals surface area contributed by atoms with Gasteiger partial charge in [0.1, 0.15) is 12.4 Å². The Kier molecular flexibility index (Phi) is 6.26. The molecule has 0 N–H and O–H groups in total. The quantitative estimate of drug-likeness (QED) is 0.509. The van der Waals surface area contributed by atoms with Crippen molar-refractivity contribution in [2.45, 2.75) is 6.42 Å². The van der Waals surface area contributed by atoms with Crippen molar-refractivity contribution in [2.75, 3.05) is 20.4 Å². The highest BCUT2D eigenvalue weighted by molar-refractivity contribution is 6.29. The number of carbonyl (C=O) groups excluding carboxylic acids is 2. The molecule has 0 unspecified atom stereocenters. The molecule has 0 aliphatic heterocycles. The zero-order chi connectivity index (χ0) is 11.0. The molecule has 14 heavy (non-hydrogen) atoms. The fourth-order valence-corrected chi connectivity index (χ4v) is 0.547. The summed E-state index contributed by atoms with van der Waals surface area (Å²) in [5.41, 5.74) is 0. The van der Waals surface area contributed by atoms with Crippen LogP contribution >= 0.6 is 0 Å². The minimum absolute atomic E-state index is 0.0956. The number of ether oxygens (including phenoxy) is 2. The summed E-state index contributed by atoms with van der Waals surface area (Å²) in [6.07, 6.45) is 0.839. The van der Waals surface area contributed by atoms with Crippen LogP contribution in [0.2, 0.25) is 0 Å². The van der Waals surface area contributed by atoms with Gasteiger partial charge >= 0.3 is 11.9 Å². The summed E-state index contributed by atoms with van der Waals surface area (Å²) in [7, 11) is 0.999. The van der Waals surface area contributed by atoms with Gasteiger partial charge < -0.3 is 9.47 Å². The Balaban J connectivity index is 3.82. The van der Waals surface area contributed by atoms with Crippen LogP contribution in [0.1, 0.15) is 6.42 Å². The second kappa shape index (κ2) is 6.99. The molecule has 0 saturated carbocycles. The van der Waals surface area contributed by atoms with Crippen molar-refractivity contribution in [3.8, 4) is 0 Å².